The van der Waals surface area contributed by atoms with Crippen molar-refractivity contribution in [2.75, 3.05) is 11.9 Å². The van der Waals surface area contributed by atoms with E-state index in [1.807, 2.05) is 25.3 Å². The first-order chi connectivity index (χ1) is 15.3. The summed E-state index contributed by atoms with van der Waals surface area (Å²) in [7, 11) is 0. The highest BCUT2D eigenvalue weighted by atomic mass is 19.1. The van der Waals surface area contributed by atoms with E-state index in [9.17, 15) is 14.0 Å². The van der Waals surface area contributed by atoms with E-state index in [2.05, 4.69) is 20.8 Å². The molecule has 0 unspecified atom stereocenters. The largest absolute Gasteiger partial charge is 0.462 e. The maximum Gasteiger partial charge on any atom is 0.340 e. The number of aromatic nitrogens is 5. The van der Waals surface area contributed by atoms with Crippen molar-refractivity contribution in [1.29, 1.82) is 0 Å². The van der Waals surface area contributed by atoms with Crippen LogP contribution in [0, 0.1) is 26.6 Å². The molecule has 3 aromatic rings. The van der Waals surface area contributed by atoms with Crippen LogP contribution in [0.1, 0.15) is 47.0 Å². The van der Waals surface area contributed by atoms with Crippen molar-refractivity contribution >= 4 is 23.6 Å². The quantitative estimate of drug-likeness (QED) is 0.446. The third-order valence-corrected chi connectivity index (χ3v) is 5.10. The van der Waals surface area contributed by atoms with E-state index < -0.39 is 17.7 Å². The van der Waals surface area contributed by atoms with Gasteiger partial charge in [0.05, 0.1) is 12.2 Å². The second-order valence-corrected chi connectivity index (χ2v) is 7.05. The van der Waals surface area contributed by atoms with Crippen LogP contribution in [-0.4, -0.2) is 43.3 Å². The number of esters is 1. The summed E-state index contributed by atoms with van der Waals surface area (Å²) in [5.41, 5.74) is 3.19. The number of hydrogen-bond donors (Lipinski definition) is 1. The van der Waals surface area contributed by atoms with E-state index in [-0.39, 0.29) is 12.3 Å². The highest BCUT2D eigenvalue weighted by Crippen LogP contribution is 2.25. The van der Waals surface area contributed by atoms with E-state index >= 15 is 0 Å². The number of anilines is 1. The molecule has 0 radical (unpaired) electrons. The number of halogens is 1. The van der Waals surface area contributed by atoms with Crippen molar-refractivity contribution < 1.29 is 18.7 Å². The van der Waals surface area contributed by atoms with Gasteiger partial charge >= 0.3 is 5.97 Å². The smallest absolute Gasteiger partial charge is 0.340 e. The van der Waals surface area contributed by atoms with Gasteiger partial charge in [-0.05, 0) is 69.3 Å². The molecule has 2 aromatic heterocycles. The number of nitrogens with zero attached hydrogens (tertiary/aromatic N) is 5. The van der Waals surface area contributed by atoms with Gasteiger partial charge in [0.1, 0.15) is 11.5 Å². The summed E-state index contributed by atoms with van der Waals surface area (Å²) in [5.74, 6) is -0.988. The molecule has 168 valence electrons. The van der Waals surface area contributed by atoms with Crippen molar-refractivity contribution in [3.63, 3.8) is 0 Å². The number of aryl methyl sites for hydroxylation is 1. The molecular weight excluding hydrogens is 415 g/mol. The second kappa shape index (κ2) is 9.54. The Bertz CT molecular complexity index is 1190. The molecule has 0 fully saturated rings. The van der Waals surface area contributed by atoms with Crippen LogP contribution in [0.5, 0.6) is 0 Å². The van der Waals surface area contributed by atoms with Crippen LogP contribution in [0.25, 0.3) is 11.8 Å². The summed E-state index contributed by atoms with van der Waals surface area (Å²) in [5, 5.41) is 13.7. The first-order valence-electron chi connectivity index (χ1n) is 10.2. The summed E-state index contributed by atoms with van der Waals surface area (Å²) in [6.45, 7) is 10.0. The first kappa shape index (κ1) is 22.9. The Morgan fingerprint density at radius 3 is 2.56 bits per heavy atom. The zero-order valence-electron chi connectivity index (χ0n) is 18.6. The van der Waals surface area contributed by atoms with Crippen molar-refractivity contribution in [1.82, 2.24) is 24.8 Å². The average molecular weight is 440 g/mol. The molecular formula is C22H25FN6O3. The van der Waals surface area contributed by atoms with Crippen LogP contribution in [0.2, 0.25) is 0 Å². The lowest BCUT2D eigenvalue weighted by molar-refractivity contribution is -0.111. The van der Waals surface area contributed by atoms with E-state index in [1.165, 1.54) is 29.0 Å². The van der Waals surface area contributed by atoms with Crippen molar-refractivity contribution in [3.8, 4) is 5.69 Å². The molecule has 1 aromatic carbocycles. The first-order valence-corrected chi connectivity index (χ1v) is 10.2. The fourth-order valence-corrected chi connectivity index (χ4v) is 3.60. The van der Waals surface area contributed by atoms with Gasteiger partial charge in [-0.25, -0.2) is 9.18 Å². The second-order valence-electron chi connectivity index (χ2n) is 7.05. The fourth-order valence-electron chi connectivity index (χ4n) is 3.60. The molecule has 2 heterocycles. The fraction of sp³-hybridized carbons (Fsp3) is 0.318. The molecule has 0 saturated heterocycles. The summed E-state index contributed by atoms with van der Waals surface area (Å²) < 4.78 is 22.7. The number of hydrogen-bond acceptors (Lipinski definition) is 6. The van der Waals surface area contributed by atoms with Crippen molar-refractivity contribution in [2.45, 2.75) is 41.2 Å². The van der Waals surface area contributed by atoms with Crippen LogP contribution < -0.4 is 5.32 Å². The number of benzene rings is 1. The molecule has 0 aliphatic rings. The lowest BCUT2D eigenvalue weighted by Crippen LogP contribution is -2.10. The summed E-state index contributed by atoms with van der Waals surface area (Å²) >= 11 is 0. The SMILES string of the molecule is CCOC(=O)c1c(/C=C/C(=O)Nc2ccc(F)c(-n3nnnc3C)c2)c(C)n(CC)c1C. The zero-order chi connectivity index (χ0) is 23.4. The van der Waals surface area contributed by atoms with Crippen LogP contribution >= 0.6 is 0 Å². The molecule has 0 aliphatic heterocycles. The maximum atomic E-state index is 14.2. The van der Waals surface area contributed by atoms with E-state index in [0.717, 1.165) is 11.4 Å². The molecule has 0 bridgehead atoms. The van der Waals surface area contributed by atoms with E-state index in [4.69, 9.17) is 4.74 Å². The van der Waals surface area contributed by atoms with Gasteiger partial charge in [0.15, 0.2) is 5.82 Å². The number of rotatable bonds is 7. The van der Waals surface area contributed by atoms with Gasteiger partial charge in [0, 0.05) is 35.3 Å². The van der Waals surface area contributed by atoms with Crippen molar-refractivity contribution in [2.24, 2.45) is 0 Å². The molecule has 1 amide bonds. The Kier molecular flexibility index (Phi) is 6.82. The lowest BCUT2D eigenvalue weighted by Gasteiger charge is -2.07. The number of nitrogens with one attached hydrogen (secondary N) is 1. The molecule has 10 heteroatoms. The van der Waals surface area contributed by atoms with Gasteiger partial charge in [-0.15, -0.1) is 5.10 Å². The average Bonchev–Trinajstić information content (AvgIpc) is 3.28. The van der Waals surface area contributed by atoms with Crippen LogP contribution in [0.15, 0.2) is 24.3 Å². The summed E-state index contributed by atoms with van der Waals surface area (Å²) in [6, 6.07) is 4.11. The monoisotopic (exact) mass is 440 g/mol. The predicted molar refractivity (Wildman–Crippen MR) is 117 cm³/mol. The van der Waals surface area contributed by atoms with Gasteiger partial charge in [-0.2, -0.15) is 4.68 Å². The standard InChI is InChI=1S/C22H25FN6O3/c1-6-28-13(3)17(21(14(28)4)22(31)32-7-2)9-11-20(30)24-16-8-10-18(23)19(12-16)29-15(5)25-26-27-29/h8-12H,6-7H2,1-5H3,(H,24,30)/b11-9+. The van der Waals surface area contributed by atoms with Crippen LogP contribution in [0.3, 0.4) is 0 Å². The Hall–Kier alpha value is -3.82. The third kappa shape index (κ3) is 4.43. The van der Waals surface area contributed by atoms with E-state index in [1.54, 1.807) is 19.9 Å². The number of carbonyl (C=O) groups is 2. The van der Waals surface area contributed by atoms with Gasteiger partial charge in [-0.3, -0.25) is 4.79 Å². The van der Waals surface area contributed by atoms with Crippen LogP contribution in [-0.2, 0) is 16.1 Å². The highest BCUT2D eigenvalue weighted by molar-refractivity contribution is 6.04. The van der Waals surface area contributed by atoms with Crippen molar-refractivity contribution in [3.05, 3.63) is 58.4 Å². The molecule has 1 N–H and O–H groups in total. The Morgan fingerprint density at radius 2 is 1.94 bits per heavy atom. The van der Waals surface area contributed by atoms with Crippen LogP contribution in [0.4, 0.5) is 10.1 Å². The molecule has 0 atom stereocenters. The van der Waals surface area contributed by atoms with Gasteiger partial charge in [-0.1, -0.05) is 0 Å². The summed E-state index contributed by atoms with van der Waals surface area (Å²) in [4.78, 5) is 25.0. The number of ether oxygens (including phenoxy) is 1. The molecule has 3 rings (SSSR count). The molecule has 9 nitrogen and oxygen atoms in total. The Balaban J connectivity index is 1.87. The van der Waals surface area contributed by atoms with Gasteiger partial charge < -0.3 is 14.6 Å². The predicted octanol–water partition coefficient (Wildman–Crippen LogP) is 3.38. The lowest BCUT2D eigenvalue weighted by atomic mass is 10.1. The minimum atomic E-state index is -0.528. The number of tetrazole rings is 1. The topological polar surface area (TPSA) is 104 Å². The molecule has 32 heavy (non-hydrogen) atoms. The maximum absolute atomic E-state index is 14.2. The summed E-state index contributed by atoms with van der Waals surface area (Å²) in [6.07, 6.45) is 2.92. The zero-order valence-corrected chi connectivity index (χ0v) is 18.6. The molecule has 0 aliphatic carbocycles. The van der Waals surface area contributed by atoms with Gasteiger partial charge in [0.2, 0.25) is 5.91 Å². The van der Waals surface area contributed by atoms with Gasteiger partial charge in [0.25, 0.3) is 0 Å². The minimum Gasteiger partial charge on any atom is -0.462 e. The van der Waals surface area contributed by atoms with E-state index in [0.29, 0.717) is 29.2 Å². The highest BCUT2D eigenvalue weighted by Gasteiger charge is 2.22. The Labute approximate surface area is 184 Å². The molecule has 0 spiro atoms. The third-order valence-electron chi connectivity index (χ3n) is 5.10. The normalized spacial score (nSPS) is 11.2. The Morgan fingerprint density at radius 1 is 1.19 bits per heavy atom. The number of carbonyl (C=O) groups excluding carboxylic acids is 2. The number of amides is 1. The molecule has 0 saturated carbocycles. The minimum absolute atomic E-state index is 0.116.